The normalized spacial score (nSPS) is 11.7. The van der Waals surface area contributed by atoms with Gasteiger partial charge in [0.25, 0.3) is 11.8 Å². The molecule has 2 amide bonds. The van der Waals surface area contributed by atoms with Gasteiger partial charge in [0.15, 0.2) is 6.61 Å². The maximum Gasteiger partial charge on any atom is 0.329 e. The van der Waals surface area contributed by atoms with Crippen LogP contribution < -0.4 is 10.6 Å². The minimum Gasteiger partial charge on any atom is -0.454 e. The van der Waals surface area contributed by atoms with Gasteiger partial charge in [0.1, 0.15) is 6.04 Å². The molecule has 0 aliphatic carbocycles. The number of amides is 2. The molecule has 0 unspecified atom stereocenters. The van der Waals surface area contributed by atoms with Crippen LogP contribution in [0.5, 0.6) is 0 Å². The summed E-state index contributed by atoms with van der Waals surface area (Å²) in [5.41, 5.74) is 4.24. The molecule has 3 rings (SSSR count). The van der Waals surface area contributed by atoms with Crippen LogP contribution in [-0.4, -0.2) is 40.2 Å². The van der Waals surface area contributed by atoms with Crippen molar-refractivity contribution in [1.29, 1.82) is 0 Å². The monoisotopic (exact) mass is 462 g/mol. The minimum atomic E-state index is -0.884. The Labute approximate surface area is 199 Å². The number of nitrogens with zero attached hydrogens (tertiary/aromatic N) is 2. The first-order valence-corrected chi connectivity index (χ1v) is 11.1. The molecule has 1 atom stereocenters. The van der Waals surface area contributed by atoms with Gasteiger partial charge >= 0.3 is 5.97 Å². The lowest BCUT2D eigenvalue weighted by Gasteiger charge is -2.21. The highest BCUT2D eigenvalue weighted by molar-refractivity contribution is 5.98. The molecular formula is C26H30N4O4. The van der Waals surface area contributed by atoms with Gasteiger partial charge in [0.05, 0.1) is 22.8 Å². The van der Waals surface area contributed by atoms with Gasteiger partial charge in [-0.15, -0.1) is 0 Å². The fourth-order valence-electron chi connectivity index (χ4n) is 3.55. The first kappa shape index (κ1) is 24.7. The molecule has 8 heteroatoms. The summed E-state index contributed by atoms with van der Waals surface area (Å²) >= 11 is 0. The molecule has 0 saturated heterocycles. The van der Waals surface area contributed by atoms with E-state index in [0.29, 0.717) is 16.9 Å². The summed E-state index contributed by atoms with van der Waals surface area (Å²) in [5, 5.41) is 9.99. The maximum atomic E-state index is 12.7. The Morgan fingerprint density at radius 1 is 1.00 bits per heavy atom. The van der Waals surface area contributed by atoms with E-state index in [1.54, 1.807) is 43.7 Å². The molecule has 2 N–H and O–H groups in total. The highest BCUT2D eigenvalue weighted by Gasteiger charge is 2.27. The van der Waals surface area contributed by atoms with Crippen molar-refractivity contribution in [1.82, 2.24) is 15.1 Å². The molecule has 3 aromatic rings. The van der Waals surface area contributed by atoms with Gasteiger partial charge in [0, 0.05) is 5.56 Å². The molecule has 2 aromatic carbocycles. The maximum absolute atomic E-state index is 12.7. The number of benzene rings is 2. The van der Waals surface area contributed by atoms with Crippen LogP contribution in [0.4, 0.5) is 5.69 Å². The summed E-state index contributed by atoms with van der Waals surface area (Å²) in [7, 11) is 0. The fraction of sp³-hybridized carbons (Fsp3) is 0.308. The van der Waals surface area contributed by atoms with E-state index in [2.05, 4.69) is 15.7 Å². The number of esters is 1. The predicted molar refractivity (Wildman–Crippen MR) is 130 cm³/mol. The van der Waals surface area contributed by atoms with Crippen LogP contribution >= 0.6 is 0 Å². The lowest BCUT2D eigenvalue weighted by atomic mass is 10.0. The quantitative estimate of drug-likeness (QED) is 0.497. The first-order chi connectivity index (χ1) is 16.2. The lowest BCUT2D eigenvalue weighted by molar-refractivity contribution is -0.150. The summed E-state index contributed by atoms with van der Waals surface area (Å²) in [6.45, 7) is 8.66. The Balaban J connectivity index is 1.62. The predicted octanol–water partition coefficient (Wildman–Crippen LogP) is 3.73. The van der Waals surface area contributed by atoms with Gasteiger partial charge < -0.3 is 15.4 Å². The number of rotatable bonds is 8. The number of hydrogen-bond acceptors (Lipinski definition) is 5. The first-order valence-electron chi connectivity index (χ1n) is 11.1. The Hall–Kier alpha value is -3.94. The van der Waals surface area contributed by atoms with Gasteiger partial charge in [-0.3, -0.25) is 9.59 Å². The zero-order chi connectivity index (χ0) is 24.8. The van der Waals surface area contributed by atoms with Gasteiger partial charge in [-0.05, 0) is 51.0 Å². The number of carbonyl (C=O) groups excluding carboxylic acids is 3. The van der Waals surface area contributed by atoms with Gasteiger partial charge in [0.2, 0.25) is 0 Å². The SMILES string of the molecule is Cc1cccc(C(=O)N[C@H](C(=O)OCC(=O)Nc2c(C)nn(-c3ccccc3)c2C)C(C)C)c1. The van der Waals surface area contributed by atoms with Crippen molar-refractivity contribution in [2.24, 2.45) is 5.92 Å². The average Bonchev–Trinajstić information content (AvgIpc) is 3.09. The highest BCUT2D eigenvalue weighted by atomic mass is 16.5. The molecule has 1 aromatic heterocycles. The molecule has 0 saturated carbocycles. The third kappa shape index (κ3) is 5.89. The topological polar surface area (TPSA) is 102 Å². The third-order valence-corrected chi connectivity index (χ3v) is 5.39. The summed E-state index contributed by atoms with van der Waals surface area (Å²) in [4.78, 5) is 37.8. The number of carbonyl (C=O) groups is 3. The van der Waals surface area contributed by atoms with Crippen LogP contribution in [0.25, 0.3) is 5.69 Å². The molecular weight excluding hydrogens is 432 g/mol. The van der Waals surface area contributed by atoms with Crippen molar-refractivity contribution in [2.75, 3.05) is 11.9 Å². The highest BCUT2D eigenvalue weighted by Crippen LogP contribution is 2.22. The summed E-state index contributed by atoms with van der Waals surface area (Å²) in [6.07, 6.45) is 0. The van der Waals surface area contributed by atoms with Crippen molar-refractivity contribution >= 4 is 23.5 Å². The van der Waals surface area contributed by atoms with Crippen LogP contribution in [-0.2, 0) is 14.3 Å². The number of nitrogens with one attached hydrogen (secondary N) is 2. The largest absolute Gasteiger partial charge is 0.454 e. The summed E-state index contributed by atoms with van der Waals surface area (Å²) < 4.78 is 6.98. The molecule has 0 spiro atoms. The number of aromatic nitrogens is 2. The van der Waals surface area contributed by atoms with Crippen molar-refractivity contribution in [3.05, 3.63) is 77.1 Å². The fourth-order valence-corrected chi connectivity index (χ4v) is 3.55. The van der Waals surface area contributed by atoms with Gasteiger partial charge in [-0.1, -0.05) is 49.7 Å². The number of aryl methyl sites for hydroxylation is 2. The molecule has 1 heterocycles. The summed E-state index contributed by atoms with van der Waals surface area (Å²) in [5.74, 6) is -1.75. The van der Waals surface area contributed by atoms with Crippen molar-refractivity contribution < 1.29 is 19.1 Å². The van der Waals surface area contributed by atoms with Crippen molar-refractivity contribution in [3.63, 3.8) is 0 Å². The number of hydrogen-bond donors (Lipinski definition) is 2. The number of anilines is 1. The van der Waals surface area contributed by atoms with Crippen LogP contribution in [0.3, 0.4) is 0 Å². The molecule has 0 fully saturated rings. The van der Waals surface area contributed by atoms with E-state index < -0.39 is 24.5 Å². The molecule has 0 radical (unpaired) electrons. The zero-order valence-electron chi connectivity index (χ0n) is 20.1. The molecule has 0 aliphatic rings. The second-order valence-electron chi connectivity index (χ2n) is 8.51. The van der Waals surface area contributed by atoms with Gasteiger partial charge in [-0.2, -0.15) is 5.10 Å². The lowest BCUT2D eigenvalue weighted by Crippen LogP contribution is -2.46. The van der Waals surface area contributed by atoms with E-state index in [1.165, 1.54) is 0 Å². The molecule has 0 bridgehead atoms. The van der Waals surface area contributed by atoms with E-state index in [9.17, 15) is 14.4 Å². The Bertz CT molecular complexity index is 1180. The Kier molecular flexibility index (Phi) is 7.83. The Morgan fingerprint density at radius 3 is 2.35 bits per heavy atom. The van der Waals surface area contributed by atoms with E-state index in [1.807, 2.05) is 50.2 Å². The molecule has 34 heavy (non-hydrogen) atoms. The number of para-hydroxylation sites is 1. The summed E-state index contributed by atoms with van der Waals surface area (Å²) in [6, 6.07) is 15.8. The van der Waals surface area contributed by atoms with Gasteiger partial charge in [-0.25, -0.2) is 9.48 Å². The molecule has 178 valence electrons. The second-order valence-corrected chi connectivity index (χ2v) is 8.51. The van der Waals surface area contributed by atoms with E-state index in [0.717, 1.165) is 16.9 Å². The molecule has 0 aliphatic heterocycles. The van der Waals surface area contributed by atoms with E-state index in [-0.39, 0.29) is 11.8 Å². The third-order valence-electron chi connectivity index (χ3n) is 5.39. The van der Waals surface area contributed by atoms with E-state index in [4.69, 9.17) is 4.74 Å². The second kappa shape index (κ2) is 10.8. The standard InChI is InChI=1S/C26H30N4O4/c1-16(2)23(28-25(32)20-11-9-10-17(3)14-20)26(33)34-15-22(31)27-24-18(4)29-30(19(24)5)21-12-7-6-8-13-21/h6-14,16,23H,15H2,1-5H3,(H,27,31)(H,28,32)/t23-/m0/s1. The van der Waals surface area contributed by atoms with Crippen molar-refractivity contribution in [2.45, 2.75) is 40.7 Å². The molecule has 8 nitrogen and oxygen atoms in total. The van der Waals surface area contributed by atoms with Crippen LogP contribution in [0.15, 0.2) is 54.6 Å². The van der Waals surface area contributed by atoms with Crippen LogP contribution in [0.2, 0.25) is 0 Å². The van der Waals surface area contributed by atoms with Crippen molar-refractivity contribution in [3.8, 4) is 5.69 Å². The van der Waals surface area contributed by atoms with E-state index >= 15 is 0 Å². The average molecular weight is 463 g/mol. The number of ether oxygens (including phenoxy) is 1. The zero-order valence-corrected chi connectivity index (χ0v) is 20.1. The smallest absolute Gasteiger partial charge is 0.329 e. The van der Waals surface area contributed by atoms with Crippen LogP contribution in [0.1, 0.15) is 41.2 Å². The Morgan fingerprint density at radius 2 is 1.71 bits per heavy atom. The minimum absolute atomic E-state index is 0.224. The van der Waals surface area contributed by atoms with Crippen LogP contribution in [0, 0.1) is 26.7 Å².